The third kappa shape index (κ3) is 5.32. The monoisotopic (exact) mass is 219 g/mol. The molecule has 0 radical (unpaired) electrons. The fraction of sp³-hybridized carbons (Fsp3) is 1.00. The van der Waals surface area contributed by atoms with E-state index in [1.165, 1.54) is 44.2 Å². The van der Waals surface area contributed by atoms with Gasteiger partial charge in [-0.25, -0.2) is 4.52 Å². The van der Waals surface area contributed by atoms with Crippen molar-refractivity contribution in [3.63, 3.8) is 0 Å². The van der Waals surface area contributed by atoms with E-state index in [0.29, 0.717) is 0 Å². The molecule has 0 amide bonds. The van der Waals surface area contributed by atoms with Gasteiger partial charge in [-0.1, -0.05) is 27.7 Å². The van der Waals surface area contributed by atoms with Crippen molar-refractivity contribution in [2.45, 2.75) is 53.4 Å². The molecule has 0 aromatic heterocycles. The maximum absolute atomic E-state index is 6.21. The molecule has 86 valence electrons. The Balaban J connectivity index is 4.21. The zero-order valence-electron chi connectivity index (χ0n) is 10.5. The van der Waals surface area contributed by atoms with Crippen molar-refractivity contribution >= 4 is 7.49 Å². The first-order valence-corrected chi connectivity index (χ1v) is 8.51. The van der Waals surface area contributed by atoms with E-state index >= 15 is 0 Å². The highest BCUT2D eigenvalue weighted by atomic mass is 31.2. The second-order valence-electron chi connectivity index (χ2n) is 4.06. The highest BCUT2D eigenvalue weighted by Gasteiger charge is 2.36. The van der Waals surface area contributed by atoms with Crippen molar-refractivity contribution in [3.8, 4) is 0 Å². The zero-order chi connectivity index (χ0) is 10.9. The SMILES string of the molecule is CCCO[P+](CCC)(CCC)CCC. The predicted molar refractivity (Wildman–Crippen MR) is 68.6 cm³/mol. The minimum absolute atomic E-state index is 0.980. The molecule has 1 nitrogen and oxygen atoms in total. The van der Waals surface area contributed by atoms with Gasteiger partial charge in [0.1, 0.15) is 7.49 Å². The van der Waals surface area contributed by atoms with E-state index in [4.69, 9.17) is 4.52 Å². The zero-order valence-corrected chi connectivity index (χ0v) is 11.4. The van der Waals surface area contributed by atoms with E-state index < -0.39 is 7.49 Å². The van der Waals surface area contributed by atoms with Gasteiger partial charge >= 0.3 is 0 Å². The van der Waals surface area contributed by atoms with Crippen LogP contribution in [0, 0.1) is 0 Å². The van der Waals surface area contributed by atoms with E-state index in [-0.39, 0.29) is 0 Å². The molecule has 0 bridgehead atoms. The summed E-state index contributed by atoms with van der Waals surface area (Å²) in [7, 11) is -1.01. The minimum atomic E-state index is -1.01. The molecule has 14 heavy (non-hydrogen) atoms. The molecule has 0 fully saturated rings. The highest BCUT2D eigenvalue weighted by molar-refractivity contribution is 7.71. The summed E-state index contributed by atoms with van der Waals surface area (Å²) in [5, 5.41) is 0. The van der Waals surface area contributed by atoms with Crippen LogP contribution in [0.25, 0.3) is 0 Å². The van der Waals surface area contributed by atoms with Gasteiger partial charge in [-0.3, -0.25) is 0 Å². The molecule has 0 saturated heterocycles. The normalized spacial score (nSPS) is 12.0. The molecule has 0 saturated carbocycles. The van der Waals surface area contributed by atoms with Crippen LogP contribution in [0.15, 0.2) is 0 Å². The maximum atomic E-state index is 6.21. The molecule has 0 N–H and O–H groups in total. The molecule has 0 atom stereocenters. The van der Waals surface area contributed by atoms with Crippen molar-refractivity contribution in [3.05, 3.63) is 0 Å². The Kier molecular flexibility index (Phi) is 8.92. The van der Waals surface area contributed by atoms with Gasteiger partial charge in [0, 0.05) is 0 Å². The summed E-state index contributed by atoms with van der Waals surface area (Å²) in [5.74, 6) is 0. The second-order valence-corrected chi connectivity index (χ2v) is 7.78. The fourth-order valence-electron chi connectivity index (χ4n) is 2.04. The van der Waals surface area contributed by atoms with E-state index in [9.17, 15) is 0 Å². The lowest BCUT2D eigenvalue weighted by molar-refractivity contribution is 0.337. The molecule has 0 aliphatic carbocycles. The van der Waals surface area contributed by atoms with Gasteiger partial charge in [0.15, 0.2) is 0 Å². The third-order valence-electron chi connectivity index (χ3n) is 2.46. The Labute approximate surface area is 91.0 Å². The summed E-state index contributed by atoms with van der Waals surface area (Å²) in [6, 6.07) is 0. The van der Waals surface area contributed by atoms with E-state index in [2.05, 4.69) is 27.7 Å². The summed E-state index contributed by atoms with van der Waals surface area (Å²) in [5.41, 5.74) is 0. The number of rotatable bonds is 9. The summed E-state index contributed by atoms with van der Waals surface area (Å²) in [6.07, 6.45) is 9.06. The summed E-state index contributed by atoms with van der Waals surface area (Å²) >= 11 is 0. The van der Waals surface area contributed by atoms with Gasteiger partial charge in [0.05, 0.1) is 25.1 Å². The lowest BCUT2D eigenvalue weighted by Crippen LogP contribution is -2.11. The van der Waals surface area contributed by atoms with Crippen molar-refractivity contribution in [1.29, 1.82) is 0 Å². The summed E-state index contributed by atoms with van der Waals surface area (Å²) in [4.78, 5) is 0. The Morgan fingerprint density at radius 2 is 1.14 bits per heavy atom. The average Bonchev–Trinajstić information content (AvgIpc) is 2.16. The van der Waals surface area contributed by atoms with Crippen LogP contribution < -0.4 is 0 Å². The summed E-state index contributed by atoms with van der Waals surface area (Å²) < 4.78 is 6.21. The Morgan fingerprint density at radius 1 is 0.714 bits per heavy atom. The molecular weight excluding hydrogens is 191 g/mol. The second kappa shape index (κ2) is 8.68. The molecule has 0 rings (SSSR count). The Bertz CT molecular complexity index is 108. The molecule has 0 aromatic carbocycles. The Morgan fingerprint density at radius 3 is 1.43 bits per heavy atom. The number of hydrogen-bond acceptors (Lipinski definition) is 1. The fourth-order valence-corrected chi connectivity index (χ4v) is 6.11. The molecule has 0 aliphatic heterocycles. The number of hydrogen-bond donors (Lipinski definition) is 0. The van der Waals surface area contributed by atoms with Crippen LogP contribution in [0.5, 0.6) is 0 Å². The lowest BCUT2D eigenvalue weighted by Gasteiger charge is -2.24. The van der Waals surface area contributed by atoms with Gasteiger partial charge < -0.3 is 0 Å². The molecule has 0 aliphatic rings. The van der Waals surface area contributed by atoms with Crippen LogP contribution in [-0.2, 0) is 4.52 Å². The van der Waals surface area contributed by atoms with Crippen molar-refractivity contribution in [1.82, 2.24) is 0 Å². The molecule has 0 heterocycles. The first kappa shape index (κ1) is 14.4. The lowest BCUT2D eigenvalue weighted by atomic mass is 10.5. The van der Waals surface area contributed by atoms with Crippen LogP contribution >= 0.6 is 7.49 Å². The van der Waals surface area contributed by atoms with Gasteiger partial charge in [-0.15, -0.1) is 0 Å². The first-order valence-electron chi connectivity index (χ1n) is 6.25. The van der Waals surface area contributed by atoms with Gasteiger partial charge in [0.2, 0.25) is 0 Å². The predicted octanol–water partition coefficient (Wildman–Crippen LogP) is 4.58. The van der Waals surface area contributed by atoms with Crippen LogP contribution in [-0.4, -0.2) is 25.1 Å². The first-order chi connectivity index (χ1) is 6.74. The highest BCUT2D eigenvalue weighted by Crippen LogP contribution is 2.61. The summed E-state index contributed by atoms with van der Waals surface area (Å²) in [6.45, 7) is 10.0. The van der Waals surface area contributed by atoms with Gasteiger partial charge in [-0.05, 0) is 25.7 Å². The molecule has 2 heteroatoms. The smallest absolute Gasteiger partial charge is 0.145 e. The van der Waals surface area contributed by atoms with E-state index in [0.717, 1.165) is 6.61 Å². The van der Waals surface area contributed by atoms with Crippen LogP contribution in [0.4, 0.5) is 0 Å². The Hall–Kier alpha value is 0.390. The van der Waals surface area contributed by atoms with Crippen molar-refractivity contribution < 1.29 is 4.52 Å². The van der Waals surface area contributed by atoms with Crippen LogP contribution in [0.1, 0.15) is 53.4 Å². The third-order valence-corrected chi connectivity index (χ3v) is 6.98. The average molecular weight is 219 g/mol. The van der Waals surface area contributed by atoms with Crippen molar-refractivity contribution in [2.75, 3.05) is 25.1 Å². The standard InChI is InChI=1S/C12H28OP/c1-5-9-13-14(10-6-2,11-7-3)12-8-4/h5-12H2,1-4H3/q+1. The van der Waals surface area contributed by atoms with Crippen LogP contribution in [0.2, 0.25) is 0 Å². The van der Waals surface area contributed by atoms with E-state index in [1.807, 2.05) is 0 Å². The maximum Gasteiger partial charge on any atom is 0.145 e. The molecular formula is C12H28OP+. The molecule has 0 unspecified atom stereocenters. The van der Waals surface area contributed by atoms with Gasteiger partial charge in [0.25, 0.3) is 0 Å². The van der Waals surface area contributed by atoms with Crippen LogP contribution in [0.3, 0.4) is 0 Å². The minimum Gasteiger partial charge on any atom is -0.238 e. The van der Waals surface area contributed by atoms with Gasteiger partial charge in [-0.2, -0.15) is 0 Å². The molecule has 0 spiro atoms. The topological polar surface area (TPSA) is 9.23 Å². The quantitative estimate of drug-likeness (QED) is 0.516. The largest absolute Gasteiger partial charge is 0.238 e. The van der Waals surface area contributed by atoms with Crippen molar-refractivity contribution in [2.24, 2.45) is 0 Å². The molecule has 0 aromatic rings. The van der Waals surface area contributed by atoms with E-state index in [1.54, 1.807) is 0 Å².